The van der Waals surface area contributed by atoms with Crippen molar-refractivity contribution in [3.63, 3.8) is 0 Å². The maximum Gasteiger partial charge on any atom is 0.260 e. The number of sulfonamides is 1. The molecule has 1 N–H and O–H groups in total. The van der Waals surface area contributed by atoms with E-state index < -0.39 is 10.0 Å². The summed E-state index contributed by atoms with van der Waals surface area (Å²) < 4.78 is 26.4. The summed E-state index contributed by atoms with van der Waals surface area (Å²) in [5, 5.41) is 0.122. The number of rotatable bonds is 5. The number of benzene rings is 1. The Hall–Kier alpha value is -1.66. The summed E-state index contributed by atoms with van der Waals surface area (Å²) in [5.74, 6) is 0. The molecule has 0 saturated carbocycles. The van der Waals surface area contributed by atoms with Gasteiger partial charge in [-0.1, -0.05) is 30.3 Å². The van der Waals surface area contributed by atoms with Crippen LogP contribution in [0.3, 0.4) is 0 Å². The highest BCUT2D eigenvalue weighted by Gasteiger charge is 2.28. The minimum atomic E-state index is -3.54. The zero-order valence-electron chi connectivity index (χ0n) is 10.9. The van der Waals surface area contributed by atoms with Gasteiger partial charge in [0.25, 0.3) is 10.0 Å². The summed E-state index contributed by atoms with van der Waals surface area (Å²) in [6.45, 7) is 4.06. The third-order valence-electron chi connectivity index (χ3n) is 2.82. The molecule has 0 aliphatic rings. The molecular formula is C13H17N3O2S. The molecule has 102 valence electrons. The summed E-state index contributed by atoms with van der Waals surface area (Å²) in [5.41, 5.74) is 0.958. The van der Waals surface area contributed by atoms with Gasteiger partial charge in [0.15, 0.2) is 5.03 Å². The lowest BCUT2D eigenvalue weighted by Gasteiger charge is -2.25. The standard InChI is InChI=1S/C13H17N3O2S/c1-11(2)16(9-12-6-4-3-5-7-12)19(17,18)13-8-14-10-15-13/h3-8,10-11H,9H2,1-2H3,(H,14,15). The van der Waals surface area contributed by atoms with Crippen molar-refractivity contribution < 1.29 is 8.42 Å². The normalized spacial score (nSPS) is 12.2. The fourth-order valence-corrected chi connectivity index (χ4v) is 3.34. The molecule has 0 saturated heterocycles. The van der Waals surface area contributed by atoms with Crippen LogP contribution in [0.15, 0.2) is 47.9 Å². The number of aromatic nitrogens is 2. The number of H-pyrrole nitrogens is 1. The molecule has 19 heavy (non-hydrogen) atoms. The van der Waals surface area contributed by atoms with Crippen LogP contribution >= 0.6 is 0 Å². The summed E-state index contributed by atoms with van der Waals surface area (Å²) in [7, 11) is -3.54. The average molecular weight is 279 g/mol. The van der Waals surface area contributed by atoms with Gasteiger partial charge in [-0.05, 0) is 19.4 Å². The summed E-state index contributed by atoms with van der Waals surface area (Å²) in [6.07, 6.45) is 2.70. The lowest BCUT2D eigenvalue weighted by atomic mass is 10.2. The van der Waals surface area contributed by atoms with E-state index in [4.69, 9.17) is 0 Å². The molecule has 6 heteroatoms. The highest BCUT2D eigenvalue weighted by atomic mass is 32.2. The molecule has 1 aromatic heterocycles. The van der Waals surface area contributed by atoms with E-state index >= 15 is 0 Å². The first kappa shape index (κ1) is 13.8. The van der Waals surface area contributed by atoms with Crippen molar-refractivity contribution in [2.24, 2.45) is 0 Å². The predicted molar refractivity (Wildman–Crippen MR) is 72.9 cm³/mol. The van der Waals surface area contributed by atoms with E-state index in [1.807, 2.05) is 44.2 Å². The molecule has 0 atom stereocenters. The van der Waals surface area contributed by atoms with Crippen LogP contribution in [0.4, 0.5) is 0 Å². The monoisotopic (exact) mass is 279 g/mol. The number of aromatic amines is 1. The van der Waals surface area contributed by atoms with Crippen molar-refractivity contribution >= 4 is 10.0 Å². The molecule has 0 aliphatic carbocycles. The van der Waals surface area contributed by atoms with Crippen LogP contribution in [0, 0.1) is 0 Å². The summed E-state index contributed by atoms with van der Waals surface area (Å²) in [6, 6.07) is 9.41. The molecule has 0 fully saturated rings. The summed E-state index contributed by atoms with van der Waals surface area (Å²) >= 11 is 0. The molecule has 0 spiro atoms. The Labute approximate surface area is 113 Å². The van der Waals surface area contributed by atoms with Gasteiger partial charge in [-0.3, -0.25) is 0 Å². The number of nitrogens with zero attached hydrogens (tertiary/aromatic N) is 2. The Morgan fingerprint density at radius 1 is 1.26 bits per heavy atom. The van der Waals surface area contributed by atoms with Crippen molar-refractivity contribution in [3.8, 4) is 0 Å². The molecule has 0 radical (unpaired) electrons. The van der Waals surface area contributed by atoms with Crippen molar-refractivity contribution in [3.05, 3.63) is 48.4 Å². The Morgan fingerprint density at radius 3 is 2.47 bits per heavy atom. The van der Waals surface area contributed by atoms with Gasteiger partial charge in [-0.2, -0.15) is 4.31 Å². The summed E-state index contributed by atoms with van der Waals surface area (Å²) in [4.78, 5) is 6.43. The van der Waals surface area contributed by atoms with Gasteiger partial charge in [0.05, 0.1) is 12.5 Å². The van der Waals surface area contributed by atoms with Crippen LogP contribution in [-0.4, -0.2) is 28.7 Å². The maximum absolute atomic E-state index is 12.5. The second kappa shape index (κ2) is 5.54. The van der Waals surface area contributed by atoms with Gasteiger partial charge in [-0.25, -0.2) is 13.4 Å². The van der Waals surface area contributed by atoms with Gasteiger partial charge >= 0.3 is 0 Å². The van der Waals surface area contributed by atoms with Gasteiger partial charge in [0.2, 0.25) is 0 Å². The topological polar surface area (TPSA) is 66.1 Å². The second-order valence-corrected chi connectivity index (χ2v) is 6.40. The van der Waals surface area contributed by atoms with E-state index in [1.165, 1.54) is 16.8 Å². The zero-order valence-corrected chi connectivity index (χ0v) is 11.8. The van der Waals surface area contributed by atoms with Crippen LogP contribution in [0.1, 0.15) is 19.4 Å². The number of imidazole rings is 1. The third kappa shape index (κ3) is 3.02. The SMILES string of the molecule is CC(C)N(Cc1ccccc1)S(=O)(=O)c1cnc[nH]1. The molecular weight excluding hydrogens is 262 g/mol. The zero-order chi connectivity index (χ0) is 13.9. The van der Waals surface area contributed by atoms with Gasteiger partial charge in [-0.15, -0.1) is 0 Å². The molecule has 5 nitrogen and oxygen atoms in total. The van der Waals surface area contributed by atoms with Crippen molar-refractivity contribution in [2.45, 2.75) is 31.5 Å². The third-order valence-corrected chi connectivity index (χ3v) is 4.76. The smallest absolute Gasteiger partial charge is 0.260 e. The minimum Gasteiger partial charge on any atom is -0.335 e. The molecule has 2 rings (SSSR count). The molecule has 1 aromatic carbocycles. The number of nitrogens with one attached hydrogen (secondary N) is 1. The van der Waals surface area contributed by atoms with Gasteiger partial charge < -0.3 is 4.98 Å². The number of hydrogen-bond donors (Lipinski definition) is 1. The van der Waals surface area contributed by atoms with Crippen LogP contribution in [-0.2, 0) is 16.6 Å². The largest absolute Gasteiger partial charge is 0.335 e. The fraction of sp³-hybridized carbons (Fsp3) is 0.308. The van der Waals surface area contributed by atoms with Crippen LogP contribution in [0.2, 0.25) is 0 Å². The van der Waals surface area contributed by atoms with E-state index in [-0.39, 0.29) is 11.1 Å². The van der Waals surface area contributed by atoms with Crippen LogP contribution in [0.25, 0.3) is 0 Å². The van der Waals surface area contributed by atoms with Crippen LogP contribution < -0.4 is 0 Å². The van der Waals surface area contributed by atoms with Crippen LogP contribution in [0.5, 0.6) is 0 Å². The van der Waals surface area contributed by atoms with Gasteiger partial charge in [0, 0.05) is 12.6 Å². The Balaban J connectivity index is 2.31. The van der Waals surface area contributed by atoms with E-state index in [0.717, 1.165) is 5.56 Å². The molecule has 0 unspecified atom stereocenters. The lowest BCUT2D eigenvalue weighted by Crippen LogP contribution is -2.36. The maximum atomic E-state index is 12.5. The Morgan fingerprint density at radius 2 is 1.95 bits per heavy atom. The first-order valence-corrected chi connectivity index (χ1v) is 7.50. The Bertz CT molecular complexity index is 607. The van der Waals surface area contributed by atoms with E-state index in [2.05, 4.69) is 9.97 Å². The predicted octanol–water partition coefficient (Wildman–Crippen LogP) is 2.01. The molecule has 0 amide bonds. The van der Waals surface area contributed by atoms with Gasteiger partial charge in [0.1, 0.15) is 0 Å². The molecule has 0 bridgehead atoms. The van der Waals surface area contributed by atoms with E-state index in [1.54, 1.807) is 0 Å². The lowest BCUT2D eigenvalue weighted by molar-refractivity contribution is 0.347. The molecule has 1 heterocycles. The van der Waals surface area contributed by atoms with Crippen molar-refractivity contribution in [2.75, 3.05) is 0 Å². The molecule has 2 aromatic rings. The van der Waals surface area contributed by atoms with Crippen molar-refractivity contribution in [1.29, 1.82) is 0 Å². The number of hydrogen-bond acceptors (Lipinski definition) is 3. The average Bonchev–Trinajstić information content (AvgIpc) is 2.91. The highest BCUT2D eigenvalue weighted by molar-refractivity contribution is 7.89. The van der Waals surface area contributed by atoms with E-state index in [9.17, 15) is 8.42 Å². The highest BCUT2D eigenvalue weighted by Crippen LogP contribution is 2.18. The second-order valence-electron chi connectivity index (χ2n) is 4.55. The first-order valence-electron chi connectivity index (χ1n) is 6.06. The van der Waals surface area contributed by atoms with E-state index in [0.29, 0.717) is 6.54 Å². The molecule has 0 aliphatic heterocycles. The first-order chi connectivity index (χ1) is 9.01. The quantitative estimate of drug-likeness (QED) is 0.910. The minimum absolute atomic E-state index is 0.122. The van der Waals surface area contributed by atoms with Crippen molar-refractivity contribution in [1.82, 2.24) is 14.3 Å². The Kier molecular flexibility index (Phi) is 4.01. The fourth-order valence-electron chi connectivity index (χ4n) is 1.82.